The molecule has 9 heavy (non-hydrogen) atoms. The van der Waals surface area contributed by atoms with Gasteiger partial charge in [-0.3, -0.25) is 0 Å². The molecule has 0 atom stereocenters. The molecule has 3 heteroatoms. The van der Waals surface area contributed by atoms with Crippen LogP contribution in [-0.4, -0.2) is 8.07 Å². The Balaban J connectivity index is 0. The Morgan fingerprint density at radius 2 is 1.89 bits per heavy atom. The number of hydrogen-bond acceptors (Lipinski definition) is 0. The second-order valence-corrected chi connectivity index (χ2v) is 7.97. The van der Waals surface area contributed by atoms with E-state index >= 15 is 0 Å². The third-order valence-corrected chi connectivity index (χ3v) is 4.76. The van der Waals surface area contributed by atoms with Gasteiger partial charge in [-0.05, 0) is 0 Å². The first-order chi connectivity index (χ1) is 3.21. The second-order valence-electron chi connectivity index (χ2n) is 3.08. The normalized spacial score (nSPS) is 22.0. The summed E-state index contributed by atoms with van der Waals surface area (Å²) in [5.41, 5.74) is 0. The SMILES string of the molecule is C[Si]1(C)[CH-]CCC1.[I-].[Zn+2]. The van der Waals surface area contributed by atoms with Crippen LogP contribution in [0, 0.1) is 6.04 Å². The Kier molecular flexibility index (Phi) is 7.69. The first-order valence-corrected chi connectivity index (χ1v) is 6.33. The molecule has 0 saturated carbocycles. The van der Waals surface area contributed by atoms with Crippen LogP contribution in [0.15, 0.2) is 0 Å². The molecule has 1 fully saturated rings. The van der Waals surface area contributed by atoms with Crippen molar-refractivity contribution in [2.24, 2.45) is 0 Å². The Morgan fingerprint density at radius 1 is 1.33 bits per heavy atom. The third-order valence-electron chi connectivity index (χ3n) is 1.72. The molecule has 0 radical (unpaired) electrons. The molecule has 0 unspecified atom stereocenters. The number of rotatable bonds is 0. The summed E-state index contributed by atoms with van der Waals surface area (Å²) in [5, 5.41) is 0. The molecule has 0 aromatic rings. The van der Waals surface area contributed by atoms with Crippen LogP contribution < -0.4 is 24.0 Å². The molecule has 0 aromatic heterocycles. The molecule has 0 nitrogen and oxygen atoms in total. The molecule has 1 aliphatic heterocycles. The van der Waals surface area contributed by atoms with E-state index in [1.807, 2.05) is 0 Å². The first kappa shape index (κ1) is 13.2. The summed E-state index contributed by atoms with van der Waals surface area (Å²) in [6, 6.07) is 4.10. The van der Waals surface area contributed by atoms with E-state index in [0.717, 1.165) is 0 Å². The summed E-state index contributed by atoms with van der Waals surface area (Å²) in [7, 11) is -0.665. The zero-order valence-electron chi connectivity index (χ0n) is 6.28. The predicted molar refractivity (Wildman–Crippen MR) is 35.8 cm³/mol. The quantitative estimate of drug-likeness (QED) is 0.313. The summed E-state index contributed by atoms with van der Waals surface area (Å²) in [6.07, 6.45) is 2.87. The molecule has 1 saturated heterocycles. The van der Waals surface area contributed by atoms with E-state index in [4.69, 9.17) is 0 Å². The van der Waals surface area contributed by atoms with Crippen molar-refractivity contribution in [1.29, 1.82) is 0 Å². The maximum absolute atomic E-state index is 2.56. The van der Waals surface area contributed by atoms with E-state index in [0.29, 0.717) is 0 Å². The average molecular weight is 306 g/mol. The van der Waals surface area contributed by atoms with Gasteiger partial charge in [0, 0.05) is 0 Å². The van der Waals surface area contributed by atoms with Crippen LogP contribution in [0.4, 0.5) is 0 Å². The van der Waals surface area contributed by atoms with Gasteiger partial charge in [0.2, 0.25) is 0 Å². The van der Waals surface area contributed by atoms with Crippen molar-refractivity contribution in [3.63, 3.8) is 0 Å². The van der Waals surface area contributed by atoms with E-state index in [1.54, 1.807) is 0 Å². The fourth-order valence-electron chi connectivity index (χ4n) is 1.15. The van der Waals surface area contributed by atoms with Crippen molar-refractivity contribution in [1.82, 2.24) is 0 Å². The van der Waals surface area contributed by atoms with E-state index < -0.39 is 8.07 Å². The molecule has 50 valence electrons. The van der Waals surface area contributed by atoms with Gasteiger partial charge >= 0.3 is 19.5 Å². The third kappa shape index (κ3) is 4.91. The number of hydrogen-bond donors (Lipinski definition) is 0. The molecular weight excluding hydrogens is 292 g/mol. The Morgan fingerprint density at radius 3 is 2.00 bits per heavy atom. The summed E-state index contributed by atoms with van der Waals surface area (Å²) in [5.74, 6) is 0. The maximum atomic E-state index is 2.56. The minimum Gasteiger partial charge on any atom is -1.00 e. The van der Waals surface area contributed by atoms with Crippen molar-refractivity contribution in [2.45, 2.75) is 32.0 Å². The van der Waals surface area contributed by atoms with Gasteiger partial charge < -0.3 is 30.0 Å². The zero-order chi connectivity index (χ0) is 5.33. The van der Waals surface area contributed by atoms with Crippen LogP contribution in [0.1, 0.15) is 12.8 Å². The van der Waals surface area contributed by atoms with Crippen LogP contribution in [0.2, 0.25) is 19.1 Å². The zero-order valence-corrected chi connectivity index (χ0v) is 12.4. The Hall–Kier alpha value is 1.57. The largest absolute Gasteiger partial charge is 2.00 e. The minimum absolute atomic E-state index is 0. The standard InChI is InChI=1S/C6H13Si.HI.Zn/c1-7(2)5-3-4-6-7;;/h5H,3-4,6H2,1-2H3;1H;/q-1;;+2/p-1. The van der Waals surface area contributed by atoms with Crippen molar-refractivity contribution in [2.75, 3.05) is 0 Å². The van der Waals surface area contributed by atoms with E-state index in [1.165, 1.54) is 18.9 Å². The Labute approximate surface area is 89.0 Å². The topological polar surface area (TPSA) is 0 Å². The van der Waals surface area contributed by atoms with Gasteiger partial charge in [0.05, 0.1) is 0 Å². The van der Waals surface area contributed by atoms with Crippen LogP contribution in [0.25, 0.3) is 0 Å². The van der Waals surface area contributed by atoms with Crippen molar-refractivity contribution in [3.8, 4) is 0 Å². The van der Waals surface area contributed by atoms with E-state index in [-0.39, 0.29) is 43.5 Å². The van der Waals surface area contributed by atoms with Gasteiger partial charge in [-0.2, -0.15) is 6.42 Å². The second kappa shape index (κ2) is 5.25. The molecular formula is C6H13ISiZn. The molecule has 1 aliphatic rings. The monoisotopic (exact) mass is 304 g/mol. The van der Waals surface area contributed by atoms with E-state index in [2.05, 4.69) is 19.1 Å². The molecule has 0 aliphatic carbocycles. The molecule has 1 rings (SSSR count). The van der Waals surface area contributed by atoms with Gasteiger partial charge in [-0.1, -0.05) is 33.6 Å². The minimum atomic E-state index is -0.665. The van der Waals surface area contributed by atoms with Crippen molar-refractivity contribution >= 4 is 8.07 Å². The molecule has 0 spiro atoms. The smallest absolute Gasteiger partial charge is 1.00 e. The average Bonchev–Trinajstić information content (AvgIpc) is 1.84. The van der Waals surface area contributed by atoms with Gasteiger partial charge in [-0.25, -0.2) is 0 Å². The molecule has 0 bridgehead atoms. The maximum Gasteiger partial charge on any atom is 2.00 e. The van der Waals surface area contributed by atoms with Gasteiger partial charge in [0.25, 0.3) is 0 Å². The molecule has 0 amide bonds. The fraction of sp³-hybridized carbons (Fsp3) is 0.833. The molecule has 1 heterocycles. The van der Waals surface area contributed by atoms with Crippen molar-refractivity contribution < 1.29 is 43.5 Å². The summed E-state index contributed by atoms with van der Waals surface area (Å²) in [6.45, 7) is 4.89. The Bertz CT molecular complexity index is 67.5. The summed E-state index contributed by atoms with van der Waals surface area (Å²) >= 11 is 0. The van der Waals surface area contributed by atoms with E-state index in [9.17, 15) is 0 Å². The summed E-state index contributed by atoms with van der Waals surface area (Å²) < 4.78 is 0. The van der Waals surface area contributed by atoms with Crippen LogP contribution in [0.5, 0.6) is 0 Å². The first-order valence-electron chi connectivity index (χ1n) is 3.05. The predicted octanol–water partition coefficient (Wildman–Crippen LogP) is -0.766. The van der Waals surface area contributed by atoms with Crippen LogP contribution >= 0.6 is 0 Å². The summed E-state index contributed by atoms with van der Waals surface area (Å²) in [4.78, 5) is 0. The fourth-order valence-corrected chi connectivity index (χ4v) is 3.46. The van der Waals surface area contributed by atoms with Gasteiger partial charge in [0.1, 0.15) is 0 Å². The molecule has 0 aromatic carbocycles. The van der Waals surface area contributed by atoms with Crippen LogP contribution in [0.3, 0.4) is 0 Å². The van der Waals surface area contributed by atoms with Gasteiger partial charge in [-0.15, -0.1) is 0 Å². The molecule has 0 N–H and O–H groups in total. The number of halogens is 1. The van der Waals surface area contributed by atoms with Crippen LogP contribution in [-0.2, 0) is 19.5 Å². The van der Waals surface area contributed by atoms with Gasteiger partial charge in [0.15, 0.2) is 0 Å². The van der Waals surface area contributed by atoms with Crippen molar-refractivity contribution in [3.05, 3.63) is 6.04 Å².